The molecule has 0 spiro atoms. The van der Waals surface area contributed by atoms with E-state index in [-0.39, 0.29) is 16.9 Å². The number of sulfonamides is 1. The van der Waals surface area contributed by atoms with Gasteiger partial charge in [-0.1, -0.05) is 36.8 Å². The van der Waals surface area contributed by atoms with E-state index in [0.29, 0.717) is 25.7 Å². The van der Waals surface area contributed by atoms with Crippen LogP contribution in [0.4, 0.5) is 0 Å². The summed E-state index contributed by atoms with van der Waals surface area (Å²) >= 11 is 0. The maximum absolute atomic E-state index is 12.6. The highest BCUT2D eigenvalue weighted by atomic mass is 32.2. The number of carboxylic acids is 1. The molecule has 6 heteroatoms. The molecule has 1 fully saturated rings. The van der Waals surface area contributed by atoms with Crippen molar-refractivity contribution in [2.75, 3.05) is 0 Å². The normalized spacial score (nSPS) is 22.2. The van der Waals surface area contributed by atoms with Gasteiger partial charge in [-0.15, -0.1) is 0 Å². The van der Waals surface area contributed by atoms with Gasteiger partial charge in [-0.05, 0) is 48.6 Å². The van der Waals surface area contributed by atoms with E-state index in [1.165, 1.54) is 0 Å². The molecule has 0 saturated heterocycles. The first-order valence-corrected chi connectivity index (χ1v) is 9.68. The zero-order valence-corrected chi connectivity index (χ0v) is 14.1. The number of hydrogen-bond acceptors (Lipinski definition) is 3. The van der Waals surface area contributed by atoms with Crippen LogP contribution in [-0.4, -0.2) is 25.5 Å². The largest absolute Gasteiger partial charge is 0.481 e. The number of carboxylic acid groups (broad SMARTS) is 1. The van der Waals surface area contributed by atoms with Crippen LogP contribution in [0.3, 0.4) is 0 Å². The van der Waals surface area contributed by atoms with Crippen LogP contribution in [0, 0.1) is 5.92 Å². The zero-order valence-electron chi connectivity index (χ0n) is 13.3. The molecule has 24 heavy (non-hydrogen) atoms. The van der Waals surface area contributed by atoms with Crippen LogP contribution in [0.25, 0.3) is 10.8 Å². The molecule has 2 unspecified atom stereocenters. The minimum atomic E-state index is -3.60. The van der Waals surface area contributed by atoms with E-state index < -0.39 is 16.0 Å². The summed E-state index contributed by atoms with van der Waals surface area (Å²) in [4.78, 5) is 11.4. The van der Waals surface area contributed by atoms with Gasteiger partial charge in [0.05, 0.1) is 10.8 Å². The van der Waals surface area contributed by atoms with Crippen LogP contribution in [0.1, 0.15) is 32.1 Å². The number of hydrogen-bond donors (Lipinski definition) is 2. The fourth-order valence-electron chi connectivity index (χ4n) is 3.29. The van der Waals surface area contributed by atoms with Gasteiger partial charge in [0.2, 0.25) is 10.0 Å². The second-order valence-electron chi connectivity index (χ2n) is 6.37. The lowest BCUT2D eigenvalue weighted by Crippen LogP contribution is -2.34. The Labute approximate surface area is 141 Å². The summed E-state index contributed by atoms with van der Waals surface area (Å²) in [6, 6.07) is 12.5. The maximum atomic E-state index is 12.6. The Kier molecular flexibility index (Phi) is 4.87. The zero-order chi connectivity index (χ0) is 17.2. The summed E-state index contributed by atoms with van der Waals surface area (Å²) in [6.07, 6.45) is 3.09. The van der Waals surface area contributed by atoms with E-state index in [1.54, 1.807) is 18.2 Å². The summed E-state index contributed by atoms with van der Waals surface area (Å²) in [6.45, 7) is 0. The van der Waals surface area contributed by atoms with E-state index in [4.69, 9.17) is 5.11 Å². The molecule has 3 rings (SSSR count). The van der Waals surface area contributed by atoms with Gasteiger partial charge in [0.25, 0.3) is 0 Å². The molecule has 2 N–H and O–H groups in total. The average Bonchev–Trinajstić information content (AvgIpc) is 2.79. The van der Waals surface area contributed by atoms with E-state index in [0.717, 1.165) is 17.2 Å². The number of carbonyl (C=O) groups is 1. The van der Waals surface area contributed by atoms with Crippen LogP contribution >= 0.6 is 0 Å². The summed E-state index contributed by atoms with van der Waals surface area (Å²) in [5.74, 6) is -1.15. The lowest BCUT2D eigenvalue weighted by Gasteiger charge is -2.17. The molecule has 0 heterocycles. The molecule has 2 aromatic rings. The summed E-state index contributed by atoms with van der Waals surface area (Å²) in [7, 11) is -3.60. The number of nitrogens with one attached hydrogen (secondary N) is 1. The van der Waals surface area contributed by atoms with Gasteiger partial charge in [-0.25, -0.2) is 13.1 Å². The Morgan fingerprint density at radius 1 is 1.00 bits per heavy atom. The Bertz CT molecular complexity index is 847. The predicted octanol–water partition coefficient (Wildman–Crippen LogP) is 3.15. The summed E-state index contributed by atoms with van der Waals surface area (Å²) in [5.41, 5.74) is 0. The van der Waals surface area contributed by atoms with E-state index >= 15 is 0 Å². The monoisotopic (exact) mass is 347 g/mol. The van der Waals surface area contributed by atoms with Crippen LogP contribution in [0.5, 0.6) is 0 Å². The van der Waals surface area contributed by atoms with Gasteiger partial charge in [0.15, 0.2) is 0 Å². The molecular formula is C18H21NO4S. The summed E-state index contributed by atoms with van der Waals surface area (Å²) < 4.78 is 28.0. The van der Waals surface area contributed by atoms with Crippen molar-refractivity contribution in [2.24, 2.45) is 5.92 Å². The van der Waals surface area contributed by atoms with Gasteiger partial charge in [0.1, 0.15) is 0 Å². The average molecular weight is 347 g/mol. The lowest BCUT2D eigenvalue weighted by molar-refractivity contribution is -0.142. The highest BCUT2D eigenvalue weighted by Gasteiger charge is 2.26. The second-order valence-corrected chi connectivity index (χ2v) is 8.08. The minimum Gasteiger partial charge on any atom is -0.481 e. The van der Waals surface area contributed by atoms with Crippen LogP contribution < -0.4 is 4.72 Å². The van der Waals surface area contributed by atoms with Gasteiger partial charge in [-0.3, -0.25) is 4.79 Å². The van der Waals surface area contributed by atoms with Crippen molar-refractivity contribution in [1.29, 1.82) is 0 Å². The highest BCUT2D eigenvalue weighted by molar-refractivity contribution is 7.89. The predicted molar refractivity (Wildman–Crippen MR) is 92.3 cm³/mol. The lowest BCUT2D eigenvalue weighted by atomic mass is 10.0. The third-order valence-electron chi connectivity index (χ3n) is 4.67. The number of fused-ring (bicyclic) bond motifs is 1. The third-order valence-corrected chi connectivity index (χ3v) is 6.19. The fourth-order valence-corrected chi connectivity index (χ4v) is 4.63. The minimum absolute atomic E-state index is 0.203. The van der Waals surface area contributed by atoms with E-state index in [9.17, 15) is 13.2 Å². The Balaban J connectivity index is 1.76. The van der Waals surface area contributed by atoms with Crippen molar-refractivity contribution < 1.29 is 18.3 Å². The molecule has 0 aliphatic heterocycles. The van der Waals surface area contributed by atoms with E-state index in [2.05, 4.69) is 4.72 Å². The standard InChI is InChI=1S/C18H21NO4S/c20-18(21)14-6-3-7-16(10-8-14)19-24(22,23)17-11-9-13-4-1-2-5-15(13)12-17/h1-2,4-5,9,11-12,14,16,19H,3,6-8,10H2,(H,20,21). The van der Waals surface area contributed by atoms with E-state index in [1.807, 2.05) is 24.3 Å². The molecule has 0 amide bonds. The topological polar surface area (TPSA) is 83.5 Å². The molecule has 1 aliphatic carbocycles. The van der Waals surface area contributed by atoms with Crippen LogP contribution in [0.2, 0.25) is 0 Å². The van der Waals surface area contributed by atoms with Crippen molar-refractivity contribution in [3.63, 3.8) is 0 Å². The molecule has 2 atom stereocenters. The number of aliphatic carboxylic acids is 1. The molecule has 128 valence electrons. The van der Waals surface area contributed by atoms with Gasteiger partial charge in [0, 0.05) is 6.04 Å². The first-order valence-electron chi connectivity index (χ1n) is 8.20. The van der Waals surface area contributed by atoms with Crippen molar-refractivity contribution in [3.8, 4) is 0 Å². The molecular weight excluding hydrogens is 326 g/mol. The van der Waals surface area contributed by atoms with Crippen molar-refractivity contribution in [3.05, 3.63) is 42.5 Å². The van der Waals surface area contributed by atoms with Gasteiger partial charge < -0.3 is 5.11 Å². The Hall–Kier alpha value is -1.92. The highest BCUT2D eigenvalue weighted by Crippen LogP contribution is 2.25. The van der Waals surface area contributed by atoms with Crippen LogP contribution in [-0.2, 0) is 14.8 Å². The molecule has 5 nitrogen and oxygen atoms in total. The maximum Gasteiger partial charge on any atom is 0.306 e. The van der Waals surface area contributed by atoms with Crippen molar-refractivity contribution >= 4 is 26.8 Å². The molecule has 2 aromatic carbocycles. The van der Waals surface area contributed by atoms with Gasteiger partial charge in [-0.2, -0.15) is 0 Å². The number of benzene rings is 2. The van der Waals surface area contributed by atoms with Crippen molar-refractivity contribution in [1.82, 2.24) is 4.72 Å². The Morgan fingerprint density at radius 3 is 2.50 bits per heavy atom. The molecule has 1 saturated carbocycles. The SMILES string of the molecule is O=C(O)C1CCCC(NS(=O)(=O)c2ccc3ccccc3c2)CC1. The first kappa shape index (κ1) is 16.9. The molecule has 1 aliphatic rings. The van der Waals surface area contributed by atoms with Gasteiger partial charge >= 0.3 is 5.97 Å². The van der Waals surface area contributed by atoms with Crippen LogP contribution in [0.15, 0.2) is 47.4 Å². The first-order chi connectivity index (χ1) is 11.5. The van der Waals surface area contributed by atoms with Crippen molar-refractivity contribution in [2.45, 2.75) is 43.0 Å². The molecule has 0 bridgehead atoms. The summed E-state index contributed by atoms with van der Waals surface area (Å²) in [5, 5.41) is 11.0. The Morgan fingerprint density at radius 2 is 1.75 bits per heavy atom. The smallest absolute Gasteiger partial charge is 0.306 e. The third kappa shape index (κ3) is 3.76. The second kappa shape index (κ2) is 6.91. The molecule has 0 radical (unpaired) electrons. The fraction of sp³-hybridized carbons (Fsp3) is 0.389. The number of rotatable bonds is 4. The quantitative estimate of drug-likeness (QED) is 0.832. The molecule has 0 aromatic heterocycles.